The highest BCUT2D eigenvalue weighted by Gasteiger charge is 2.35. The van der Waals surface area contributed by atoms with Crippen LogP contribution in [-0.2, 0) is 19.1 Å². The second-order valence-electron chi connectivity index (χ2n) is 5.31. The van der Waals surface area contributed by atoms with Gasteiger partial charge < -0.3 is 19.5 Å². The minimum Gasteiger partial charge on any atom is -0.479 e. The lowest BCUT2D eigenvalue weighted by atomic mass is 10.2. The number of rotatable bonds is 7. The summed E-state index contributed by atoms with van der Waals surface area (Å²) in [7, 11) is 1.69. The predicted molar refractivity (Wildman–Crippen MR) is 66.7 cm³/mol. The highest BCUT2D eigenvalue weighted by Crippen LogP contribution is 2.28. The number of carboxylic acids is 1. The molecule has 2 atom stereocenters. The highest BCUT2D eigenvalue weighted by molar-refractivity contribution is 5.82. The van der Waals surface area contributed by atoms with E-state index < -0.39 is 18.2 Å². The van der Waals surface area contributed by atoms with Gasteiger partial charge in [-0.3, -0.25) is 4.79 Å². The molecule has 0 aromatic heterocycles. The van der Waals surface area contributed by atoms with Gasteiger partial charge >= 0.3 is 5.97 Å². The van der Waals surface area contributed by atoms with Gasteiger partial charge in [0.2, 0.25) is 0 Å². The zero-order valence-corrected chi connectivity index (χ0v) is 11.2. The lowest BCUT2D eigenvalue weighted by Crippen LogP contribution is -2.39. The summed E-state index contributed by atoms with van der Waals surface area (Å²) in [6.07, 6.45) is 1.92. The van der Waals surface area contributed by atoms with Crippen molar-refractivity contribution in [3.63, 3.8) is 0 Å². The standard InChI is InChI=1S/C13H21NO5/c1-14(6-7-18-8-9-2-3-9)12(15)10-4-5-11(19-10)13(16)17/h9-11H,2-8H2,1H3,(H,16,17)/t10-,11+/m0/s1. The first-order valence-electron chi connectivity index (χ1n) is 6.79. The van der Waals surface area contributed by atoms with Crippen LogP contribution in [0, 0.1) is 5.92 Å². The molecule has 1 N–H and O–H groups in total. The minimum absolute atomic E-state index is 0.154. The summed E-state index contributed by atoms with van der Waals surface area (Å²) in [6.45, 7) is 1.82. The van der Waals surface area contributed by atoms with Gasteiger partial charge in [0, 0.05) is 20.2 Å². The fourth-order valence-electron chi connectivity index (χ4n) is 2.09. The maximum atomic E-state index is 12.0. The summed E-state index contributed by atoms with van der Waals surface area (Å²) in [5.74, 6) is -0.431. The summed E-state index contributed by atoms with van der Waals surface area (Å²) in [5, 5.41) is 8.81. The van der Waals surface area contributed by atoms with Crippen molar-refractivity contribution in [3.05, 3.63) is 0 Å². The molecule has 0 aromatic carbocycles. The molecule has 1 aliphatic heterocycles. The minimum atomic E-state index is -0.995. The number of amides is 1. The smallest absolute Gasteiger partial charge is 0.332 e. The molecule has 108 valence electrons. The van der Waals surface area contributed by atoms with Gasteiger partial charge in [0.1, 0.15) is 6.10 Å². The zero-order chi connectivity index (χ0) is 13.8. The molecule has 19 heavy (non-hydrogen) atoms. The topological polar surface area (TPSA) is 76.1 Å². The van der Waals surface area contributed by atoms with E-state index in [9.17, 15) is 9.59 Å². The third kappa shape index (κ3) is 4.18. The number of nitrogens with zero attached hydrogens (tertiary/aromatic N) is 1. The van der Waals surface area contributed by atoms with E-state index in [1.165, 1.54) is 12.8 Å². The van der Waals surface area contributed by atoms with Gasteiger partial charge in [0.15, 0.2) is 6.10 Å². The van der Waals surface area contributed by atoms with Crippen molar-refractivity contribution in [2.45, 2.75) is 37.9 Å². The predicted octanol–water partition coefficient (Wildman–Crippen LogP) is 0.504. The van der Waals surface area contributed by atoms with Crippen LogP contribution in [0.15, 0.2) is 0 Å². The molecule has 1 heterocycles. The number of aliphatic carboxylic acids is 1. The number of hydrogen-bond acceptors (Lipinski definition) is 4. The Hall–Kier alpha value is -1.14. The van der Waals surface area contributed by atoms with E-state index in [0.717, 1.165) is 12.5 Å². The van der Waals surface area contributed by atoms with Crippen molar-refractivity contribution in [3.8, 4) is 0 Å². The van der Waals surface area contributed by atoms with Crippen molar-refractivity contribution >= 4 is 11.9 Å². The molecule has 6 nitrogen and oxygen atoms in total. The Bertz CT molecular complexity index is 342. The van der Waals surface area contributed by atoms with Crippen molar-refractivity contribution in [1.82, 2.24) is 4.90 Å². The molecule has 0 spiro atoms. The van der Waals surface area contributed by atoms with Crippen LogP contribution in [0.2, 0.25) is 0 Å². The van der Waals surface area contributed by atoms with Crippen LogP contribution in [0.3, 0.4) is 0 Å². The second kappa shape index (κ2) is 6.34. The third-order valence-corrected chi connectivity index (χ3v) is 3.57. The van der Waals surface area contributed by atoms with Gasteiger partial charge in [0.05, 0.1) is 6.61 Å². The Morgan fingerprint density at radius 3 is 2.53 bits per heavy atom. The Morgan fingerprint density at radius 2 is 1.95 bits per heavy atom. The Balaban J connectivity index is 1.65. The van der Waals surface area contributed by atoms with Crippen LogP contribution >= 0.6 is 0 Å². The number of hydrogen-bond donors (Lipinski definition) is 1. The van der Waals surface area contributed by atoms with E-state index >= 15 is 0 Å². The van der Waals surface area contributed by atoms with Gasteiger partial charge in [0.25, 0.3) is 5.91 Å². The fraction of sp³-hybridized carbons (Fsp3) is 0.846. The number of likely N-dealkylation sites (N-methyl/N-ethyl adjacent to an activating group) is 1. The van der Waals surface area contributed by atoms with Crippen LogP contribution in [-0.4, -0.2) is 60.9 Å². The Morgan fingerprint density at radius 1 is 1.26 bits per heavy atom. The first kappa shape index (κ1) is 14.3. The molecule has 2 aliphatic rings. The zero-order valence-electron chi connectivity index (χ0n) is 11.2. The molecule has 0 unspecified atom stereocenters. The van der Waals surface area contributed by atoms with Gasteiger partial charge in [-0.15, -0.1) is 0 Å². The molecule has 1 saturated heterocycles. The number of carbonyl (C=O) groups excluding carboxylic acids is 1. The Labute approximate surface area is 112 Å². The average Bonchev–Trinajstić information content (AvgIpc) is 3.06. The highest BCUT2D eigenvalue weighted by atomic mass is 16.5. The Kier molecular flexibility index (Phi) is 4.76. The lowest BCUT2D eigenvalue weighted by Gasteiger charge is -2.20. The second-order valence-corrected chi connectivity index (χ2v) is 5.31. The van der Waals surface area contributed by atoms with Crippen molar-refractivity contribution in [2.24, 2.45) is 5.92 Å². The van der Waals surface area contributed by atoms with Gasteiger partial charge in [-0.25, -0.2) is 4.79 Å². The van der Waals surface area contributed by atoms with E-state index in [0.29, 0.717) is 26.0 Å². The van der Waals surface area contributed by atoms with Gasteiger partial charge in [-0.05, 0) is 31.6 Å². The summed E-state index contributed by atoms with van der Waals surface area (Å²) in [4.78, 5) is 24.3. The molecule has 0 radical (unpaired) electrons. The van der Waals surface area contributed by atoms with Gasteiger partial charge in [-0.2, -0.15) is 0 Å². The molecule has 2 fully saturated rings. The molecular formula is C13H21NO5. The largest absolute Gasteiger partial charge is 0.479 e. The quantitative estimate of drug-likeness (QED) is 0.682. The van der Waals surface area contributed by atoms with E-state index in [1.54, 1.807) is 11.9 Å². The van der Waals surface area contributed by atoms with E-state index in [1.807, 2.05) is 0 Å². The summed E-state index contributed by atoms with van der Waals surface area (Å²) in [5.41, 5.74) is 0. The summed E-state index contributed by atoms with van der Waals surface area (Å²) >= 11 is 0. The number of carboxylic acid groups (broad SMARTS) is 1. The molecule has 0 bridgehead atoms. The van der Waals surface area contributed by atoms with Crippen molar-refractivity contribution in [1.29, 1.82) is 0 Å². The summed E-state index contributed by atoms with van der Waals surface area (Å²) < 4.78 is 10.7. The number of ether oxygens (including phenoxy) is 2. The van der Waals surface area contributed by atoms with Gasteiger partial charge in [-0.1, -0.05) is 0 Å². The third-order valence-electron chi connectivity index (χ3n) is 3.57. The maximum absolute atomic E-state index is 12.0. The molecular weight excluding hydrogens is 250 g/mol. The van der Waals surface area contributed by atoms with Crippen LogP contribution in [0.5, 0.6) is 0 Å². The first-order valence-corrected chi connectivity index (χ1v) is 6.79. The molecule has 1 aliphatic carbocycles. The SMILES string of the molecule is CN(CCOCC1CC1)C(=O)[C@@H]1CC[C@H](C(=O)O)O1. The summed E-state index contributed by atoms with van der Waals surface area (Å²) in [6, 6.07) is 0. The van der Waals surface area contributed by atoms with Crippen molar-refractivity contribution in [2.75, 3.05) is 26.8 Å². The maximum Gasteiger partial charge on any atom is 0.332 e. The van der Waals surface area contributed by atoms with E-state index in [4.69, 9.17) is 14.6 Å². The van der Waals surface area contributed by atoms with Crippen LogP contribution in [0.1, 0.15) is 25.7 Å². The average molecular weight is 271 g/mol. The van der Waals surface area contributed by atoms with Crippen LogP contribution in [0.25, 0.3) is 0 Å². The molecule has 1 amide bonds. The number of carbonyl (C=O) groups is 2. The normalized spacial score (nSPS) is 26.4. The lowest BCUT2D eigenvalue weighted by molar-refractivity contribution is -0.154. The fourth-order valence-corrected chi connectivity index (χ4v) is 2.09. The molecule has 2 rings (SSSR count). The molecule has 1 saturated carbocycles. The molecule has 0 aromatic rings. The van der Waals surface area contributed by atoms with E-state index in [2.05, 4.69) is 0 Å². The van der Waals surface area contributed by atoms with Crippen molar-refractivity contribution < 1.29 is 24.2 Å². The monoisotopic (exact) mass is 271 g/mol. The first-order chi connectivity index (χ1) is 9.08. The van der Waals surface area contributed by atoms with Crippen LogP contribution in [0.4, 0.5) is 0 Å². The molecule has 6 heteroatoms. The van der Waals surface area contributed by atoms with E-state index in [-0.39, 0.29) is 5.91 Å². The van der Waals surface area contributed by atoms with Crippen LogP contribution < -0.4 is 0 Å².